The molecule has 0 unspecified atom stereocenters. The highest BCUT2D eigenvalue weighted by molar-refractivity contribution is 5.63. The van der Waals surface area contributed by atoms with Crippen molar-refractivity contribution >= 4 is 0 Å². The minimum atomic E-state index is -0.183. The van der Waals surface area contributed by atoms with Gasteiger partial charge in [-0.2, -0.15) is 0 Å². The number of aryl methyl sites for hydroxylation is 1. The fraction of sp³-hybridized carbons (Fsp3) is 0.182. The second-order valence-corrected chi connectivity index (χ2v) is 5.97. The van der Waals surface area contributed by atoms with Crippen molar-refractivity contribution in [2.75, 3.05) is 6.54 Å². The molecule has 0 atom stereocenters. The Balaban J connectivity index is 1.41. The van der Waals surface area contributed by atoms with Crippen molar-refractivity contribution in [3.8, 4) is 11.1 Å². The maximum Gasteiger partial charge on any atom is 0.123 e. The molecule has 0 amide bonds. The zero-order valence-corrected chi connectivity index (χ0v) is 13.7. The van der Waals surface area contributed by atoms with Gasteiger partial charge in [-0.25, -0.2) is 4.39 Å². The van der Waals surface area contributed by atoms with Crippen LogP contribution in [0.5, 0.6) is 0 Å². The maximum absolute atomic E-state index is 12.8. The Morgan fingerprint density at radius 3 is 2.00 bits per heavy atom. The predicted octanol–water partition coefficient (Wildman–Crippen LogP) is 5.22. The summed E-state index contributed by atoms with van der Waals surface area (Å²) in [5, 5.41) is 3.41. The molecule has 3 rings (SSSR count). The van der Waals surface area contributed by atoms with Gasteiger partial charge in [-0.1, -0.05) is 66.7 Å². The number of hydrogen-bond donors (Lipinski definition) is 1. The van der Waals surface area contributed by atoms with Gasteiger partial charge in [0.15, 0.2) is 0 Å². The van der Waals surface area contributed by atoms with Gasteiger partial charge in [0.2, 0.25) is 0 Å². The van der Waals surface area contributed by atoms with Gasteiger partial charge in [0.05, 0.1) is 0 Å². The van der Waals surface area contributed by atoms with Crippen LogP contribution in [-0.2, 0) is 13.0 Å². The molecular weight excluding hydrogens is 297 g/mol. The average molecular weight is 319 g/mol. The third kappa shape index (κ3) is 4.77. The standard InChI is InChI=1S/C22H22FN/c23-22-14-10-19(11-15-22)17-24-16-4-5-18-8-12-21(13-9-18)20-6-2-1-3-7-20/h1-3,6-15,24H,4-5,16-17H2. The lowest BCUT2D eigenvalue weighted by Crippen LogP contribution is -2.15. The van der Waals surface area contributed by atoms with Crippen LogP contribution in [0.15, 0.2) is 78.9 Å². The van der Waals surface area contributed by atoms with Gasteiger partial charge in [-0.3, -0.25) is 0 Å². The zero-order valence-electron chi connectivity index (χ0n) is 13.7. The van der Waals surface area contributed by atoms with Crippen LogP contribution >= 0.6 is 0 Å². The van der Waals surface area contributed by atoms with Gasteiger partial charge in [0.1, 0.15) is 5.82 Å². The number of benzene rings is 3. The quantitative estimate of drug-likeness (QED) is 0.589. The molecule has 0 heterocycles. The number of hydrogen-bond acceptors (Lipinski definition) is 1. The zero-order chi connectivity index (χ0) is 16.6. The molecule has 0 aliphatic rings. The topological polar surface area (TPSA) is 12.0 Å². The normalized spacial score (nSPS) is 10.7. The van der Waals surface area contributed by atoms with Crippen LogP contribution in [0.25, 0.3) is 11.1 Å². The summed E-state index contributed by atoms with van der Waals surface area (Å²) in [6.45, 7) is 1.74. The van der Waals surface area contributed by atoms with Crippen molar-refractivity contribution in [3.05, 3.63) is 95.8 Å². The second-order valence-electron chi connectivity index (χ2n) is 5.97. The summed E-state index contributed by atoms with van der Waals surface area (Å²) in [4.78, 5) is 0. The van der Waals surface area contributed by atoms with Crippen LogP contribution in [0.2, 0.25) is 0 Å². The van der Waals surface area contributed by atoms with Crippen molar-refractivity contribution < 1.29 is 4.39 Å². The van der Waals surface area contributed by atoms with Gasteiger partial charge in [0, 0.05) is 6.54 Å². The van der Waals surface area contributed by atoms with Gasteiger partial charge >= 0.3 is 0 Å². The Bertz CT molecular complexity index is 733. The first-order valence-electron chi connectivity index (χ1n) is 8.41. The molecule has 1 nitrogen and oxygen atoms in total. The first-order chi connectivity index (χ1) is 11.8. The van der Waals surface area contributed by atoms with Crippen molar-refractivity contribution in [1.82, 2.24) is 5.32 Å². The SMILES string of the molecule is Fc1ccc(CNCCCc2ccc(-c3ccccc3)cc2)cc1. The molecule has 0 aliphatic heterocycles. The molecule has 122 valence electrons. The van der Waals surface area contributed by atoms with Crippen LogP contribution in [-0.4, -0.2) is 6.54 Å². The molecule has 0 fully saturated rings. The van der Waals surface area contributed by atoms with E-state index in [1.54, 1.807) is 0 Å². The van der Waals surface area contributed by atoms with Crippen LogP contribution < -0.4 is 5.32 Å². The molecule has 24 heavy (non-hydrogen) atoms. The lowest BCUT2D eigenvalue weighted by atomic mass is 10.0. The molecule has 1 N–H and O–H groups in total. The second kappa shape index (κ2) is 8.42. The smallest absolute Gasteiger partial charge is 0.123 e. The first kappa shape index (κ1) is 16.4. The molecule has 0 aromatic heterocycles. The van der Waals surface area contributed by atoms with Gasteiger partial charge < -0.3 is 5.32 Å². The summed E-state index contributed by atoms with van der Waals surface area (Å²) in [5.74, 6) is -0.183. The Morgan fingerprint density at radius 1 is 0.667 bits per heavy atom. The van der Waals surface area contributed by atoms with E-state index in [0.29, 0.717) is 0 Å². The van der Waals surface area contributed by atoms with Crippen LogP contribution in [0.4, 0.5) is 4.39 Å². The summed E-state index contributed by atoms with van der Waals surface area (Å²) in [5.41, 5.74) is 4.99. The van der Waals surface area contributed by atoms with Crippen molar-refractivity contribution in [1.29, 1.82) is 0 Å². The monoisotopic (exact) mass is 319 g/mol. The molecule has 3 aromatic carbocycles. The Kier molecular flexibility index (Phi) is 5.75. The van der Waals surface area contributed by atoms with Gasteiger partial charge in [0.25, 0.3) is 0 Å². The highest BCUT2D eigenvalue weighted by Crippen LogP contribution is 2.19. The van der Waals surface area contributed by atoms with Crippen molar-refractivity contribution in [2.24, 2.45) is 0 Å². The number of rotatable bonds is 7. The molecule has 2 heteroatoms. The molecule has 3 aromatic rings. The summed E-state index contributed by atoms with van der Waals surface area (Å²) in [7, 11) is 0. The number of nitrogens with one attached hydrogen (secondary N) is 1. The van der Waals surface area contributed by atoms with Crippen molar-refractivity contribution in [3.63, 3.8) is 0 Å². The molecule has 0 radical (unpaired) electrons. The highest BCUT2D eigenvalue weighted by atomic mass is 19.1. The van der Waals surface area contributed by atoms with Crippen molar-refractivity contribution in [2.45, 2.75) is 19.4 Å². The predicted molar refractivity (Wildman–Crippen MR) is 98.3 cm³/mol. The first-order valence-corrected chi connectivity index (χ1v) is 8.41. The summed E-state index contributed by atoms with van der Waals surface area (Å²) < 4.78 is 12.8. The van der Waals surface area contributed by atoms with E-state index in [4.69, 9.17) is 0 Å². The molecule has 0 saturated heterocycles. The lowest BCUT2D eigenvalue weighted by molar-refractivity contribution is 0.622. The molecule has 0 spiro atoms. The fourth-order valence-electron chi connectivity index (χ4n) is 2.75. The van der Waals surface area contributed by atoms with Crippen LogP contribution in [0.3, 0.4) is 0 Å². The highest BCUT2D eigenvalue weighted by Gasteiger charge is 1.98. The minimum Gasteiger partial charge on any atom is -0.313 e. The minimum absolute atomic E-state index is 0.183. The maximum atomic E-state index is 12.8. The molecule has 0 aliphatic carbocycles. The van der Waals surface area contributed by atoms with E-state index in [9.17, 15) is 4.39 Å². The number of halogens is 1. The van der Waals surface area contributed by atoms with E-state index >= 15 is 0 Å². The average Bonchev–Trinajstić information content (AvgIpc) is 2.64. The molecule has 0 saturated carbocycles. The van der Waals surface area contributed by atoms with E-state index in [2.05, 4.69) is 53.8 Å². The largest absolute Gasteiger partial charge is 0.313 e. The van der Waals surface area contributed by atoms with Gasteiger partial charge in [-0.05, 0) is 53.8 Å². The molecule has 0 bridgehead atoms. The Labute approximate surface area is 143 Å². The summed E-state index contributed by atoms with van der Waals surface area (Å²) >= 11 is 0. The summed E-state index contributed by atoms with van der Waals surface area (Å²) in [6.07, 6.45) is 2.15. The van der Waals surface area contributed by atoms with E-state index in [0.717, 1.165) is 31.5 Å². The van der Waals surface area contributed by atoms with E-state index in [1.165, 1.54) is 28.8 Å². The van der Waals surface area contributed by atoms with E-state index in [-0.39, 0.29) is 5.82 Å². The lowest BCUT2D eigenvalue weighted by Gasteiger charge is -2.06. The van der Waals surface area contributed by atoms with Gasteiger partial charge in [-0.15, -0.1) is 0 Å². The van der Waals surface area contributed by atoms with Crippen LogP contribution in [0.1, 0.15) is 17.5 Å². The fourth-order valence-corrected chi connectivity index (χ4v) is 2.75. The van der Waals surface area contributed by atoms with E-state index in [1.807, 2.05) is 18.2 Å². The van der Waals surface area contributed by atoms with E-state index < -0.39 is 0 Å². The summed E-state index contributed by atoms with van der Waals surface area (Å²) in [6, 6.07) is 25.9. The van der Waals surface area contributed by atoms with Crippen LogP contribution in [0, 0.1) is 5.82 Å². The Morgan fingerprint density at radius 2 is 1.29 bits per heavy atom. The third-order valence-electron chi connectivity index (χ3n) is 4.12. The Hall–Kier alpha value is -2.45. The molecular formula is C22H22FN. The third-order valence-corrected chi connectivity index (χ3v) is 4.12.